The molecule has 0 saturated heterocycles. The SMILES string of the molecule is CC(=N)NC(=O)[C@@H](Cc1ccc2c(c1)C=CCC2)N(C)C(=O)C(CCc1ccc2ccccc2c1)NC(=O)OC(C)(C)C. The molecule has 1 aliphatic carbocycles. The fraction of sp³-hybridized carbons (Fsp3) is 0.371. The Kier molecular flexibility index (Phi) is 10.0. The van der Waals surface area contributed by atoms with E-state index in [1.54, 1.807) is 27.8 Å². The van der Waals surface area contributed by atoms with Crippen molar-refractivity contribution >= 4 is 40.6 Å². The number of hydrogen-bond donors (Lipinski definition) is 3. The van der Waals surface area contributed by atoms with Crippen molar-refractivity contribution in [3.8, 4) is 0 Å². The maximum absolute atomic E-state index is 14.0. The number of amidine groups is 1. The van der Waals surface area contributed by atoms with E-state index in [0.29, 0.717) is 12.8 Å². The van der Waals surface area contributed by atoms with Crippen LogP contribution in [0.3, 0.4) is 0 Å². The number of carbonyl (C=O) groups excluding carboxylic acids is 3. The molecular formula is C35H42N4O4. The first-order chi connectivity index (χ1) is 20.4. The van der Waals surface area contributed by atoms with Crippen molar-refractivity contribution in [3.05, 3.63) is 89.0 Å². The van der Waals surface area contributed by atoms with Gasteiger partial charge in [-0.25, -0.2) is 4.79 Å². The highest BCUT2D eigenvalue weighted by atomic mass is 16.6. The van der Waals surface area contributed by atoms with Gasteiger partial charge in [-0.2, -0.15) is 0 Å². The molecule has 0 spiro atoms. The number of likely N-dealkylation sites (N-methyl/N-ethyl adjacent to an activating group) is 1. The zero-order valence-electron chi connectivity index (χ0n) is 25.7. The maximum atomic E-state index is 14.0. The summed E-state index contributed by atoms with van der Waals surface area (Å²) in [4.78, 5) is 41.6. The number of alkyl carbamates (subject to hydrolysis) is 1. The Morgan fingerprint density at radius 3 is 2.44 bits per heavy atom. The summed E-state index contributed by atoms with van der Waals surface area (Å²) in [5.74, 6) is -0.876. The standard InChI is InChI=1S/C35H42N4O4/c1-23(36)37-32(40)31(22-25-15-18-27-11-7-9-13-29(27)21-25)39(5)33(41)30(38-34(42)43-35(2,3)4)19-16-24-14-17-26-10-6-8-12-28(26)20-24/h6,8-10,12-15,17-18,20-21,30-31H,7,11,16,19,22H2,1-5H3,(H,38,42)(H2,36,37,40)/t30?,31-/m1/s1. The molecule has 0 saturated carbocycles. The molecular weight excluding hydrogens is 540 g/mol. The van der Waals surface area contributed by atoms with Crippen LogP contribution < -0.4 is 10.6 Å². The van der Waals surface area contributed by atoms with E-state index in [-0.39, 0.29) is 12.3 Å². The number of hydrogen-bond acceptors (Lipinski definition) is 5. The van der Waals surface area contributed by atoms with E-state index in [1.165, 1.54) is 17.4 Å². The predicted molar refractivity (Wildman–Crippen MR) is 171 cm³/mol. The van der Waals surface area contributed by atoms with Crippen LogP contribution in [-0.2, 0) is 33.6 Å². The fourth-order valence-electron chi connectivity index (χ4n) is 5.31. The molecule has 3 N–H and O–H groups in total. The molecule has 0 bridgehead atoms. The van der Waals surface area contributed by atoms with Crippen LogP contribution in [0.4, 0.5) is 4.79 Å². The number of nitrogens with zero attached hydrogens (tertiary/aromatic N) is 1. The minimum Gasteiger partial charge on any atom is -0.444 e. The Bertz CT molecular complexity index is 1540. The summed E-state index contributed by atoms with van der Waals surface area (Å²) >= 11 is 0. The quantitative estimate of drug-likeness (QED) is 0.218. The van der Waals surface area contributed by atoms with Crippen LogP contribution in [0.25, 0.3) is 16.8 Å². The minimum atomic E-state index is -0.936. The van der Waals surface area contributed by atoms with Crippen LogP contribution in [0, 0.1) is 5.41 Å². The van der Waals surface area contributed by atoms with E-state index >= 15 is 0 Å². The third-order valence-corrected chi connectivity index (χ3v) is 7.47. The first-order valence-electron chi connectivity index (χ1n) is 14.8. The molecule has 0 aromatic heterocycles. The average Bonchev–Trinajstić information content (AvgIpc) is 2.95. The van der Waals surface area contributed by atoms with Crippen LogP contribution in [0.5, 0.6) is 0 Å². The molecule has 2 atom stereocenters. The van der Waals surface area contributed by atoms with Crippen molar-refractivity contribution in [1.29, 1.82) is 5.41 Å². The smallest absolute Gasteiger partial charge is 0.408 e. The van der Waals surface area contributed by atoms with E-state index < -0.39 is 35.6 Å². The van der Waals surface area contributed by atoms with Crippen molar-refractivity contribution in [3.63, 3.8) is 0 Å². The molecule has 43 heavy (non-hydrogen) atoms. The Morgan fingerprint density at radius 2 is 1.72 bits per heavy atom. The predicted octanol–water partition coefficient (Wildman–Crippen LogP) is 5.81. The first kappa shape index (κ1) is 31.5. The van der Waals surface area contributed by atoms with E-state index in [1.807, 2.05) is 42.5 Å². The summed E-state index contributed by atoms with van der Waals surface area (Å²) in [5.41, 5.74) is 3.55. The van der Waals surface area contributed by atoms with Gasteiger partial charge in [0.1, 0.15) is 17.7 Å². The van der Waals surface area contributed by atoms with Gasteiger partial charge in [0.15, 0.2) is 0 Å². The van der Waals surface area contributed by atoms with E-state index in [4.69, 9.17) is 10.1 Å². The molecule has 0 aliphatic heterocycles. The van der Waals surface area contributed by atoms with Crippen LogP contribution >= 0.6 is 0 Å². The van der Waals surface area contributed by atoms with Crippen molar-refractivity contribution in [2.24, 2.45) is 0 Å². The number of nitrogens with one attached hydrogen (secondary N) is 3. The van der Waals surface area contributed by atoms with E-state index in [0.717, 1.165) is 40.3 Å². The highest BCUT2D eigenvalue weighted by Gasteiger charge is 2.33. The summed E-state index contributed by atoms with van der Waals surface area (Å²) in [7, 11) is 1.57. The molecule has 226 valence electrons. The molecule has 4 rings (SSSR count). The number of ether oxygens (including phenoxy) is 1. The normalized spacial score (nSPS) is 13.9. The Labute approximate surface area is 254 Å². The Morgan fingerprint density at radius 1 is 1.00 bits per heavy atom. The highest BCUT2D eigenvalue weighted by Crippen LogP contribution is 2.23. The van der Waals surface area contributed by atoms with Gasteiger partial charge in [-0.3, -0.25) is 15.0 Å². The lowest BCUT2D eigenvalue weighted by Gasteiger charge is -2.31. The van der Waals surface area contributed by atoms with Crippen molar-refractivity contribution in [1.82, 2.24) is 15.5 Å². The number of aryl methyl sites for hydroxylation is 2. The van der Waals surface area contributed by atoms with Crippen molar-refractivity contribution < 1.29 is 19.1 Å². The summed E-state index contributed by atoms with van der Waals surface area (Å²) < 4.78 is 5.48. The second-order valence-corrected chi connectivity index (χ2v) is 12.2. The molecule has 3 amide bonds. The third-order valence-electron chi connectivity index (χ3n) is 7.47. The van der Waals surface area contributed by atoms with Gasteiger partial charge in [-0.15, -0.1) is 0 Å². The van der Waals surface area contributed by atoms with Crippen molar-refractivity contribution in [2.75, 3.05) is 7.05 Å². The largest absolute Gasteiger partial charge is 0.444 e. The van der Waals surface area contributed by atoms with E-state index in [9.17, 15) is 14.4 Å². The molecule has 8 nitrogen and oxygen atoms in total. The number of amides is 3. The van der Waals surface area contributed by atoms with Gasteiger partial charge in [-0.05, 0) is 86.4 Å². The summed E-state index contributed by atoms with van der Waals surface area (Å²) in [6, 6.07) is 18.5. The molecule has 0 radical (unpaired) electrons. The average molecular weight is 583 g/mol. The lowest BCUT2D eigenvalue weighted by Crippen LogP contribution is -2.56. The zero-order chi connectivity index (χ0) is 31.1. The number of carbonyl (C=O) groups is 3. The van der Waals surface area contributed by atoms with Gasteiger partial charge in [0, 0.05) is 13.5 Å². The lowest BCUT2D eigenvalue weighted by atomic mass is 9.93. The summed E-state index contributed by atoms with van der Waals surface area (Å²) in [6.45, 7) is 6.77. The highest BCUT2D eigenvalue weighted by molar-refractivity contribution is 6.00. The van der Waals surface area contributed by atoms with Crippen LogP contribution in [0.15, 0.2) is 66.7 Å². The molecule has 8 heteroatoms. The number of allylic oxidation sites excluding steroid dienone is 1. The number of benzene rings is 3. The lowest BCUT2D eigenvalue weighted by molar-refractivity contribution is -0.140. The van der Waals surface area contributed by atoms with Gasteiger partial charge >= 0.3 is 6.09 Å². The Balaban J connectivity index is 1.58. The van der Waals surface area contributed by atoms with Gasteiger partial charge < -0.3 is 20.3 Å². The van der Waals surface area contributed by atoms with Crippen LogP contribution in [0.2, 0.25) is 0 Å². The molecule has 1 unspecified atom stereocenters. The number of rotatable bonds is 9. The first-order valence-corrected chi connectivity index (χ1v) is 14.8. The van der Waals surface area contributed by atoms with Gasteiger partial charge in [0.2, 0.25) is 11.8 Å². The fourth-order valence-corrected chi connectivity index (χ4v) is 5.31. The summed E-state index contributed by atoms with van der Waals surface area (Å²) in [5, 5.41) is 15.4. The summed E-state index contributed by atoms with van der Waals surface area (Å²) in [6.07, 6.45) is 6.58. The monoisotopic (exact) mass is 582 g/mol. The van der Waals surface area contributed by atoms with E-state index in [2.05, 4.69) is 41.0 Å². The van der Waals surface area contributed by atoms with Gasteiger partial charge in [0.05, 0.1) is 5.84 Å². The Hall–Kier alpha value is -4.46. The topological polar surface area (TPSA) is 112 Å². The zero-order valence-corrected chi connectivity index (χ0v) is 25.7. The van der Waals surface area contributed by atoms with Gasteiger partial charge in [0.25, 0.3) is 0 Å². The molecule has 0 heterocycles. The third kappa shape index (κ3) is 8.77. The molecule has 0 fully saturated rings. The maximum Gasteiger partial charge on any atom is 0.408 e. The van der Waals surface area contributed by atoms with Crippen LogP contribution in [0.1, 0.15) is 62.8 Å². The molecule has 3 aromatic carbocycles. The van der Waals surface area contributed by atoms with Crippen molar-refractivity contribution in [2.45, 2.75) is 77.5 Å². The number of fused-ring (bicyclic) bond motifs is 2. The van der Waals surface area contributed by atoms with Crippen LogP contribution in [-0.4, -0.2) is 53.4 Å². The second-order valence-electron chi connectivity index (χ2n) is 12.2. The molecule has 3 aromatic rings. The van der Waals surface area contributed by atoms with Gasteiger partial charge in [-0.1, -0.05) is 72.8 Å². The molecule has 1 aliphatic rings. The second kappa shape index (κ2) is 13.7. The minimum absolute atomic E-state index is 0.0102.